The number of nitrogens with two attached hydrogens (primary N) is 1. The molecule has 8 heteroatoms. The third kappa shape index (κ3) is 3.75. The van der Waals surface area contributed by atoms with Gasteiger partial charge in [-0.05, 0) is 32.1 Å². The van der Waals surface area contributed by atoms with Gasteiger partial charge in [-0.2, -0.15) is 0 Å². The zero-order valence-electron chi connectivity index (χ0n) is 14.1. The molecule has 2 heterocycles. The molecular formula is C16H26N6O2. The third-order valence-electron chi connectivity index (χ3n) is 4.90. The van der Waals surface area contributed by atoms with E-state index >= 15 is 0 Å². The topological polar surface area (TPSA) is 106 Å². The van der Waals surface area contributed by atoms with Gasteiger partial charge in [0.2, 0.25) is 5.91 Å². The van der Waals surface area contributed by atoms with E-state index in [0.29, 0.717) is 18.7 Å². The number of rotatable bonds is 5. The normalized spacial score (nSPS) is 27.5. The first-order valence-electron chi connectivity index (χ1n) is 8.83. The van der Waals surface area contributed by atoms with Crippen LogP contribution in [0.15, 0.2) is 6.20 Å². The number of likely N-dealkylation sites (tertiary alicyclic amines) is 1. The highest BCUT2D eigenvalue weighted by Gasteiger charge is 2.31. The Morgan fingerprint density at radius 3 is 2.83 bits per heavy atom. The van der Waals surface area contributed by atoms with Gasteiger partial charge < -0.3 is 16.0 Å². The van der Waals surface area contributed by atoms with Gasteiger partial charge in [0.25, 0.3) is 5.91 Å². The van der Waals surface area contributed by atoms with E-state index in [9.17, 15) is 9.59 Å². The number of hydrogen-bond donors (Lipinski definition) is 2. The van der Waals surface area contributed by atoms with Gasteiger partial charge in [-0.15, -0.1) is 5.10 Å². The summed E-state index contributed by atoms with van der Waals surface area (Å²) in [6.07, 6.45) is 6.87. The van der Waals surface area contributed by atoms with Crippen molar-refractivity contribution in [2.75, 3.05) is 13.1 Å². The van der Waals surface area contributed by atoms with Crippen molar-refractivity contribution >= 4 is 11.8 Å². The Hall–Kier alpha value is -1.96. The Morgan fingerprint density at radius 2 is 2.12 bits per heavy atom. The second kappa shape index (κ2) is 7.29. The number of nitrogens with one attached hydrogen (secondary N) is 1. The van der Waals surface area contributed by atoms with E-state index in [2.05, 4.69) is 15.6 Å². The minimum Gasteiger partial charge on any atom is -0.346 e. The Bertz CT molecular complexity index is 593. The predicted octanol–water partition coefficient (Wildman–Crippen LogP) is 0.461. The summed E-state index contributed by atoms with van der Waals surface area (Å²) in [4.78, 5) is 26.0. The maximum Gasteiger partial charge on any atom is 0.273 e. The molecule has 2 amide bonds. The van der Waals surface area contributed by atoms with Gasteiger partial charge in [-0.25, -0.2) is 4.68 Å². The summed E-state index contributed by atoms with van der Waals surface area (Å²) in [5.41, 5.74) is 6.23. The average molecular weight is 334 g/mol. The van der Waals surface area contributed by atoms with Crippen LogP contribution in [0.25, 0.3) is 0 Å². The van der Waals surface area contributed by atoms with Crippen LogP contribution >= 0.6 is 0 Å². The van der Waals surface area contributed by atoms with Crippen molar-refractivity contribution in [1.82, 2.24) is 25.2 Å². The predicted molar refractivity (Wildman–Crippen MR) is 88.2 cm³/mol. The zero-order valence-corrected chi connectivity index (χ0v) is 14.1. The van der Waals surface area contributed by atoms with E-state index in [1.165, 1.54) is 0 Å². The van der Waals surface area contributed by atoms with Crippen LogP contribution in [0.4, 0.5) is 0 Å². The minimum absolute atomic E-state index is 0.101. The van der Waals surface area contributed by atoms with Crippen molar-refractivity contribution in [2.45, 2.75) is 63.6 Å². The first kappa shape index (κ1) is 16.9. The Labute approximate surface area is 141 Å². The number of aromatic nitrogens is 3. The first-order valence-corrected chi connectivity index (χ1v) is 8.83. The second-order valence-electron chi connectivity index (χ2n) is 6.87. The van der Waals surface area contributed by atoms with Gasteiger partial charge >= 0.3 is 0 Å². The molecule has 3 rings (SSSR count). The van der Waals surface area contributed by atoms with Crippen molar-refractivity contribution in [3.8, 4) is 0 Å². The molecule has 1 aliphatic carbocycles. The molecule has 0 unspecified atom stereocenters. The number of nitrogens with zero attached hydrogens (tertiary/aromatic N) is 4. The van der Waals surface area contributed by atoms with Crippen LogP contribution in [0.1, 0.15) is 62.0 Å². The van der Waals surface area contributed by atoms with Gasteiger partial charge in [0, 0.05) is 25.6 Å². The molecule has 1 saturated heterocycles. The van der Waals surface area contributed by atoms with E-state index in [0.717, 1.165) is 38.6 Å². The Morgan fingerprint density at radius 1 is 1.38 bits per heavy atom. The molecule has 3 N–H and O–H groups in total. The lowest BCUT2D eigenvalue weighted by molar-refractivity contribution is -0.127. The standard InChI is InChI=1S/C16H26N6O2/c1-2-7-21-9-12(8-15(21)23)18-16(24)14-10-22(20-19-14)13-5-3-11(17)4-6-13/h10-13H,2-9,17H2,1H3,(H,18,24)/t11?,12-,13?/m1/s1. The molecule has 1 aromatic rings. The largest absolute Gasteiger partial charge is 0.346 e. The first-order chi connectivity index (χ1) is 11.6. The molecule has 2 fully saturated rings. The third-order valence-corrected chi connectivity index (χ3v) is 4.90. The fraction of sp³-hybridized carbons (Fsp3) is 0.750. The summed E-state index contributed by atoms with van der Waals surface area (Å²) in [7, 11) is 0. The number of amides is 2. The molecule has 8 nitrogen and oxygen atoms in total. The highest BCUT2D eigenvalue weighted by molar-refractivity contribution is 5.93. The highest BCUT2D eigenvalue weighted by atomic mass is 16.2. The van der Waals surface area contributed by atoms with Crippen LogP contribution in [0.5, 0.6) is 0 Å². The van der Waals surface area contributed by atoms with Crippen LogP contribution < -0.4 is 11.1 Å². The van der Waals surface area contributed by atoms with Crippen LogP contribution in [0.3, 0.4) is 0 Å². The van der Waals surface area contributed by atoms with Crippen molar-refractivity contribution in [3.63, 3.8) is 0 Å². The molecule has 2 aliphatic rings. The molecule has 1 aliphatic heterocycles. The van der Waals surface area contributed by atoms with E-state index in [-0.39, 0.29) is 29.9 Å². The zero-order chi connectivity index (χ0) is 17.1. The number of carbonyl (C=O) groups is 2. The highest BCUT2D eigenvalue weighted by Crippen LogP contribution is 2.26. The minimum atomic E-state index is -0.259. The van der Waals surface area contributed by atoms with Crippen molar-refractivity contribution < 1.29 is 9.59 Å². The summed E-state index contributed by atoms with van der Waals surface area (Å²) in [5, 5.41) is 11.0. The smallest absolute Gasteiger partial charge is 0.273 e. The molecule has 0 radical (unpaired) electrons. The second-order valence-corrected chi connectivity index (χ2v) is 6.87. The van der Waals surface area contributed by atoms with E-state index in [1.807, 2.05) is 6.92 Å². The Balaban J connectivity index is 1.55. The van der Waals surface area contributed by atoms with Gasteiger partial charge in [0.05, 0.1) is 18.3 Å². The SMILES string of the molecule is CCCN1C[C@H](NC(=O)c2cn(C3CCC(N)CC3)nn2)CC1=O. The van der Waals surface area contributed by atoms with Crippen LogP contribution in [-0.4, -0.2) is 56.9 Å². The summed E-state index contributed by atoms with van der Waals surface area (Å²) in [5.74, 6) is -0.158. The molecule has 1 saturated carbocycles. The fourth-order valence-corrected chi connectivity index (χ4v) is 3.54. The summed E-state index contributed by atoms with van der Waals surface area (Å²) in [6.45, 7) is 3.36. The Kier molecular flexibility index (Phi) is 5.13. The summed E-state index contributed by atoms with van der Waals surface area (Å²) < 4.78 is 1.78. The molecule has 132 valence electrons. The summed E-state index contributed by atoms with van der Waals surface area (Å²) >= 11 is 0. The monoisotopic (exact) mass is 334 g/mol. The van der Waals surface area contributed by atoms with Gasteiger partial charge in [-0.3, -0.25) is 9.59 Å². The lowest BCUT2D eigenvalue weighted by Gasteiger charge is -2.25. The number of carbonyl (C=O) groups excluding carboxylic acids is 2. The van der Waals surface area contributed by atoms with Gasteiger partial charge in [0.15, 0.2) is 5.69 Å². The van der Waals surface area contributed by atoms with Crippen LogP contribution in [0, 0.1) is 0 Å². The molecule has 0 bridgehead atoms. The fourth-order valence-electron chi connectivity index (χ4n) is 3.54. The van der Waals surface area contributed by atoms with E-state index in [1.54, 1.807) is 15.8 Å². The molecule has 1 atom stereocenters. The van der Waals surface area contributed by atoms with Crippen LogP contribution in [0.2, 0.25) is 0 Å². The lowest BCUT2D eigenvalue weighted by Crippen LogP contribution is -2.37. The van der Waals surface area contributed by atoms with Crippen molar-refractivity contribution in [1.29, 1.82) is 0 Å². The van der Waals surface area contributed by atoms with Crippen molar-refractivity contribution in [2.24, 2.45) is 5.73 Å². The van der Waals surface area contributed by atoms with Gasteiger partial charge in [-0.1, -0.05) is 12.1 Å². The molecule has 0 aromatic carbocycles. The maximum absolute atomic E-state index is 12.3. The van der Waals surface area contributed by atoms with Gasteiger partial charge in [0.1, 0.15) is 0 Å². The average Bonchev–Trinajstić information content (AvgIpc) is 3.16. The lowest BCUT2D eigenvalue weighted by atomic mass is 9.92. The van der Waals surface area contributed by atoms with E-state index in [4.69, 9.17) is 5.73 Å². The maximum atomic E-state index is 12.3. The quantitative estimate of drug-likeness (QED) is 0.814. The molecular weight excluding hydrogens is 308 g/mol. The molecule has 0 spiro atoms. The molecule has 1 aromatic heterocycles. The van der Waals surface area contributed by atoms with Crippen molar-refractivity contribution in [3.05, 3.63) is 11.9 Å². The summed E-state index contributed by atoms with van der Waals surface area (Å²) in [6, 6.07) is 0.403. The number of hydrogen-bond acceptors (Lipinski definition) is 5. The van der Waals surface area contributed by atoms with Crippen LogP contribution in [-0.2, 0) is 4.79 Å². The molecule has 24 heavy (non-hydrogen) atoms. The van der Waals surface area contributed by atoms with E-state index < -0.39 is 0 Å².